The van der Waals surface area contributed by atoms with Crippen molar-refractivity contribution in [3.05, 3.63) is 17.2 Å². The molecule has 0 aliphatic heterocycles. The molecule has 0 aliphatic carbocycles. The number of rotatable bonds is 13. The summed E-state index contributed by atoms with van der Waals surface area (Å²) >= 11 is 0. The van der Waals surface area contributed by atoms with Gasteiger partial charge in [0.2, 0.25) is 5.75 Å². The first kappa shape index (κ1) is 20.3. The lowest BCUT2D eigenvalue weighted by atomic mass is 9.99. The summed E-state index contributed by atoms with van der Waals surface area (Å²) in [5.41, 5.74) is 2.39. The molecule has 24 heavy (non-hydrogen) atoms. The molecule has 0 aromatic heterocycles. The molecule has 0 N–H and O–H groups in total. The summed E-state index contributed by atoms with van der Waals surface area (Å²) in [6, 6.07) is 2.02. The molecule has 0 bridgehead atoms. The summed E-state index contributed by atoms with van der Waals surface area (Å²) in [5, 5.41) is 0. The summed E-state index contributed by atoms with van der Waals surface area (Å²) < 4.78 is 16.4. The lowest BCUT2D eigenvalue weighted by molar-refractivity contribution is -0.107. The monoisotopic (exact) mass is 336 g/mol. The van der Waals surface area contributed by atoms with Gasteiger partial charge in [0.1, 0.15) is 6.29 Å². The first-order valence-corrected chi connectivity index (χ1v) is 8.91. The van der Waals surface area contributed by atoms with E-state index < -0.39 is 0 Å². The van der Waals surface area contributed by atoms with Crippen LogP contribution in [-0.4, -0.2) is 27.6 Å². The highest BCUT2D eigenvalue weighted by Crippen LogP contribution is 2.42. The minimum atomic E-state index is 0.677. The summed E-state index contributed by atoms with van der Waals surface area (Å²) in [6.07, 6.45) is 11.0. The third-order valence-electron chi connectivity index (χ3n) is 4.40. The molecule has 0 aliphatic rings. The summed E-state index contributed by atoms with van der Waals surface area (Å²) in [7, 11) is 4.97. The van der Waals surface area contributed by atoms with Crippen LogP contribution in [0.4, 0.5) is 0 Å². The average molecular weight is 336 g/mol. The second kappa shape index (κ2) is 11.8. The number of unbranched alkanes of at least 4 members (excludes halogenated alkanes) is 7. The maximum absolute atomic E-state index is 10.3. The highest BCUT2D eigenvalue weighted by molar-refractivity contribution is 5.58. The molecule has 0 atom stereocenters. The Hall–Kier alpha value is -1.71. The van der Waals surface area contributed by atoms with Crippen LogP contribution in [0, 0.1) is 6.92 Å². The fraction of sp³-hybridized carbons (Fsp3) is 0.650. The third-order valence-corrected chi connectivity index (χ3v) is 4.40. The summed E-state index contributed by atoms with van der Waals surface area (Å²) in [4.78, 5) is 10.3. The highest BCUT2D eigenvalue weighted by atomic mass is 16.5. The Labute approximate surface area is 146 Å². The zero-order chi connectivity index (χ0) is 17.8. The van der Waals surface area contributed by atoms with E-state index in [1.54, 1.807) is 21.3 Å². The van der Waals surface area contributed by atoms with Crippen LogP contribution < -0.4 is 14.2 Å². The van der Waals surface area contributed by atoms with Crippen molar-refractivity contribution in [2.45, 2.75) is 64.7 Å². The molecule has 0 radical (unpaired) electrons. The molecule has 1 aromatic rings. The van der Waals surface area contributed by atoms with Gasteiger partial charge < -0.3 is 19.0 Å². The first-order chi connectivity index (χ1) is 11.7. The van der Waals surface area contributed by atoms with Gasteiger partial charge >= 0.3 is 0 Å². The molecule has 0 spiro atoms. The maximum Gasteiger partial charge on any atom is 0.203 e. The normalized spacial score (nSPS) is 10.5. The van der Waals surface area contributed by atoms with Crippen molar-refractivity contribution < 1.29 is 19.0 Å². The van der Waals surface area contributed by atoms with Gasteiger partial charge in [-0.3, -0.25) is 0 Å². The molecular formula is C20H32O4. The van der Waals surface area contributed by atoms with E-state index in [9.17, 15) is 4.79 Å². The van der Waals surface area contributed by atoms with E-state index in [1.807, 2.05) is 6.07 Å². The van der Waals surface area contributed by atoms with Crippen LogP contribution in [-0.2, 0) is 11.2 Å². The van der Waals surface area contributed by atoms with Crippen LogP contribution in [0.2, 0.25) is 0 Å². The Morgan fingerprint density at radius 3 is 1.96 bits per heavy atom. The van der Waals surface area contributed by atoms with E-state index in [0.717, 1.165) is 31.3 Å². The number of hydrogen-bond acceptors (Lipinski definition) is 4. The van der Waals surface area contributed by atoms with Gasteiger partial charge in [0, 0.05) is 12.0 Å². The van der Waals surface area contributed by atoms with E-state index in [0.29, 0.717) is 17.9 Å². The van der Waals surface area contributed by atoms with Gasteiger partial charge in [-0.05, 0) is 37.8 Å². The number of carbonyl (C=O) groups is 1. The zero-order valence-corrected chi connectivity index (χ0v) is 15.7. The van der Waals surface area contributed by atoms with E-state index in [2.05, 4.69) is 6.92 Å². The molecule has 0 amide bonds. The van der Waals surface area contributed by atoms with Crippen LogP contribution in [0.3, 0.4) is 0 Å². The number of aldehydes is 1. The van der Waals surface area contributed by atoms with Crippen LogP contribution in [0.25, 0.3) is 0 Å². The minimum Gasteiger partial charge on any atom is -0.493 e. The second-order valence-electron chi connectivity index (χ2n) is 6.12. The van der Waals surface area contributed by atoms with Crippen molar-refractivity contribution in [2.24, 2.45) is 0 Å². The maximum atomic E-state index is 10.3. The fourth-order valence-corrected chi connectivity index (χ4v) is 3.06. The van der Waals surface area contributed by atoms with E-state index in [1.165, 1.54) is 43.2 Å². The predicted octanol–water partition coefficient (Wildman–Crippen LogP) is 4.88. The molecule has 136 valence electrons. The molecular weight excluding hydrogens is 304 g/mol. The number of ether oxygens (including phenoxy) is 3. The van der Waals surface area contributed by atoms with Gasteiger partial charge in [-0.25, -0.2) is 0 Å². The van der Waals surface area contributed by atoms with E-state index in [4.69, 9.17) is 14.2 Å². The Morgan fingerprint density at radius 1 is 0.833 bits per heavy atom. The van der Waals surface area contributed by atoms with Gasteiger partial charge in [0.05, 0.1) is 21.3 Å². The summed E-state index contributed by atoms with van der Waals surface area (Å²) in [5.74, 6) is 2.19. The highest BCUT2D eigenvalue weighted by Gasteiger charge is 2.18. The molecule has 0 saturated heterocycles. The first-order valence-electron chi connectivity index (χ1n) is 8.91. The lowest BCUT2D eigenvalue weighted by Crippen LogP contribution is -2.01. The number of hydrogen-bond donors (Lipinski definition) is 0. The van der Waals surface area contributed by atoms with Crippen molar-refractivity contribution in [3.8, 4) is 17.2 Å². The topological polar surface area (TPSA) is 44.8 Å². The van der Waals surface area contributed by atoms with E-state index in [-0.39, 0.29) is 0 Å². The third kappa shape index (κ3) is 6.06. The Bertz CT molecular complexity index is 497. The number of carbonyl (C=O) groups excluding carboxylic acids is 1. The molecule has 0 heterocycles. The van der Waals surface area contributed by atoms with Crippen molar-refractivity contribution in [1.29, 1.82) is 0 Å². The Morgan fingerprint density at radius 2 is 1.42 bits per heavy atom. The van der Waals surface area contributed by atoms with Crippen LogP contribution in [0.1, 0.15) is 62.5 Å². The van der Waals surface area contributed by atoms with Crippen LogP contribution in [0.5, 0.6) is 17.2 Å². The van der Waals surface area contributed by atoms with Gasteiger partial charge in [-0.2, -0.15) is 0 Å². The van der Waals surface area contributed by atoms with E-state index >= 15 is 0 Å². The molecule has 1 rings (SSSR count). The molecule has 1 aromatic carbocycles. The van der Waals surface area contributed by atoms with Crippen molar-refractivity contribution >= 4 is 6.29 Å². The largest absolute Gasteiger partial charge is 0.493 e. The minimum absolute atomic E-state index is 0.677. The molecule has 0 fully saturated rings. The number of aryl methyl sites for hydroxylation is 1. The standard InChI is InChI=1S/C20H32O4/c1-16-15-18(22-2)20(24-4)19(23-3)17(16)13-11-9-7-5-6-8-10-12-14-21/h14-15H,5-13H2,1-4H3. The Kier molecular flexibility index (Phi) is 9.97. The zero-order valence-electron chi connectivity index (χ0n) is 15.7. The van der Waals surface area contributed by atoms with Gasteiger partial charge in [0.15, 0.2) is 11.5 Å². The molecule has 4 heteroatoms. The van der Waals surface area contributed by atoms with Gasteiger partial charge in [-0.1, -0.05) is 32.1 Å². The SMILES string of the molecule is COc1cc(C)c(CCCCCCCCCC=O)c(OC)c1OC. The molecule has 0 unspecified atom stereocenters. The van der Waals surface area contributed by atoms with Crippen LogP contribution in [0.15, 0.2) is 6.07 Å². The van der Waals surface area contributed by atoms with Crippen LogP contribution >= 0.6 is 0 Å². The quantitative estimate of drug-likeness (QED) is 0.380. The summed E-state index contributed by atoms with van der Waals surface area (Å²) in [6.45, 7) is 2.09. The Balaban J connectivity index is 2.48. The molecule has 0 saturated carbocycles. The van der Waals surface area contributed by atoms with Crippen molar-refractivity contribution in [3.63, 3.8) is 0 Å². The predicted molar refractivity (Wildman–Crippen MR) is 97.5 cm³/mol. The van der Waals surface area contributed by atoms with Crippen molar-refractivity contribution in [2.75, 3.05) is 21.3 Å². The number of benzene rings is 1. The number of methoxy groups -OCH3 is 3. The average Bonchev–Trinajstić information content (AvgIpc) is 2.60. The fourth-order valence-electron chi connectivity index (χ4n) is 3.06. The molecule has 4 nitrogen and oxygen atoms in total. The smallest absolute Gasteiger partial charge is 0.203 e. The van der Waals surface area contributed by atoms with Crippen molar-refractivity contribution in [1.82, 2.24) is 0 Å². The van der Waals surface area contributed by atoms with Gasteiger partial charge in [0.25, 0.3) is 0 Å². The lowest BCUT2D eigenvalue weighted by Gasteiger charge is -2.18. The van der Waals surface area contributed by atoms with Gasteiger partial charge in [-0.15, -0.1) is 0 Å². The second-order valence-corrected chi connectivity index (χ2v) is 6.12.